The molecule has 0 aromatic heterocycles. The Morgan fingerprint density at radius 2 is 1.83 bits per heavy atom. The lowest BCUT2D eigenvalue weighted by molar-refractivity contribution is 0.150. The van der Waals surface area contributed by atoms with Gasteiger partial charge in [0.25, 0.3) is 0 Å². The van der Waals surface area contributed by atoms with Crippen LogP contribution >= 0.6 is 0 Å². The molecule has 4 heteroatoms. The molecule has 23 heavy (non-hydrogen) atoms. The predicted molar refractivity (Wildman–Crippen MR) is 89.4 cm³/mol. The lowest BCUT2D eigenvalue weighted by atomic mass is 9.99. The molecule has 1 N–H and O–H groups in total. The van der Waals surface area contributed by atoms with E-state index < -0.39 is 6.09 Å². The van der Waals surface area contributed by atoms with E-state index in [-0.39, 0.29) is 0 Å². The summed E-state index contributed by atoms with van der Waals surface area (Å²) in [4.78, 5) is 12.3. The summed E-state index contributed by atoms with van der Waals surface area (Å²) in [7, 11) is 0. The second-order valence-electron chi connectivity index (χ2n) is 5.51. The van der Waals surface area contributed by atoms with Crippen LogP contribution in [0.4, 0.5) is 4.79 Å². The summed E-state index contributed by atoms with van der Waals surface area (Å²) in [6, 6.07) is 18.0. The highest BCUT2D eigenvalue weighted by Crippen LogP contribution is 2.24. The van der Waals surface area contributed by atoms with E-state index in [9.17, 15) is 4.79 Å². The Hall–Kier alpha value is -2.75. The number of nitrogens with zero attached hydrogens (tertiary/aromatic N) is 1. The van der Waals surface area contributed by atoms with E-state index >= 15 is 0 Å². The molecule has 3 rings (SSSR count). The van der Waals surface area contributed by atoms with E-state index in [1.54, 1.807) is 0 Å². The first-order valence-corrected chi connectivity index (χ1v) is 7.66. The standard InChI is InChI=1S/C19H19NO3/c21-19(22)20-12-10-17(11-13-20)16-6-8-18(9-7-16)23-14-15-4-2-1-3-5-15/h1-10H,11-14H2,(H,21,22). The van der Waals surface area contributed by atoms with E-state index in [0.717, 1.165) is 23.3 Å². The van der Waals surface area contributed by atoms with Gasteiger partial charge in [-0.25, -0.2) is 4.79 Å². The van der Waals surface area contributed by atoms with Crippen molar-refractivity contribution in [2.24, 2.45) is 0 Å². The van der Waals surface area contributed by atoms with Gasteiger partial charge in [0, 0.05) is 13.1 Å². The molecule has 0 bridgehead atoms. The minimum absolute atomic E-state index is 0.455. The molecule has 1 amide bonds. The van der Waals surface area contributed by atoms with Crippen LogP contribution in [0.15, 0.2) is 60.7 Å². The molecule has 0 spiro atoms. The lowest BCUT2D eigenvalue weighted by Crippen LogP contribution is -2.33. The van der Waals surface area contributed by atoms with Crippen LogP contribution in [0.2, 0.25) is 0 Å². The van der Waals surface area contributed by atoms with Gasteiger partial charge in [0.15, 0.2) is 0 Å². The van der Waals surface area contributed by atoms with Crippen molar-refractivity contribution < 1.29 is 14.6 Å². The van der Waals surface area contributed by atoms with E-state index in [2.05, 4.69) is 0 Å². The topological polar surface area (TPSA) is 49.8 Å². The Balaban J connectivity index is 1.60. The average Bonchev–Trinajstić information content (AvgIpc) is 2.61. The van der Waals surface area contributed by atoms with Crippen LogP contribution in [0.3, 0.4) is 0 Å². The van der Waals surface area contributed by atoms with E-state index in [0.29, 0.717) is 19.7 Å². The van der Waals surface area contributed by atoms with Gasteiger partial charge in [0.2, 0.25) is 0 Å². The second kappa shape index (κ2) is 7.01. The number of hydrogen-bond acceptors (Lipinski definition) is 2. The summed E-state index contributed by atoms with van der Waals surface area (Å²) in [6.45, 7) is 1.56. The second-order valence-corrected chi connectivity index (χ2v) is 5.51. The Kier molecular flexibility index (Phi) is 4.62. The predicted octanol–water partition coefficient (Wildman–Crippen LogP) is 4.03. The first-order valence-electron chi connectivity index (χ1n) is 7.66. The maximum Gasteiger partial charge on any atom is 0.407 e. The van der Waals surface area contributed by atoms with Crippen molar-refractivity contribution in [2.45, 2.75) is 13.0 Å². The lowest BCUT2D eigenvalue weighted by Gasteiger charge is -2.23. The Morgan fingerprint density at radius 1 is 1.09 bits per heavy atom. The molecular formula is C19H19NO3. The fraction of sp³-hybridized carbons (Fsp3) is 0.211. The molecule has 0 saturated heterocycles. The molecule has 0 saturated carbocycles. The molecule has 1 aliphatic heterocycles. The first kappa shape index (κ1) is 15.2. The number of rotatable bonds is 4. The minimum Gasteiger partial charge on any atom is -0.489 e. The third-order valence-electron chi connectivity index (χ3n) is 3.95. The third kappa shape index (κ3) is 3.92. The molecule has 118 valence electrons. The molecular weight excluding hydrogens is 290 g/mol. The van der Waals surface area contributed by atoms with E-state index in [4.69, 9.17) is 9.84 Å². The summed E-state index contributed by atoms with van der Waals surface area (Å²) in [5, 5.41) is 8.96. The van der Waals surface area contributed by atoms with Crippen molar-refractivity contribution in [3.63, 3.8) is 0 Å². The number of ether oxygens (including phenoxy) is 1. The minimum atomic E-state index is -0.857. The van der Waals surface area contributed by atoms with Crippen molar-refractivity contribution >= 4 is 11.7 Å². The zero-order valence-corrected chi connectivity index (χ0v) is 12.8. The zero-order valence-electron chi connectivity index (χ0n) is 12.8. The summed E-state index contributed by atoms with van der Waals surface area (Å²) >= 11 is 0. The van der Waals surface area contributed by atoms with Gasteiger partial charge in [-0.2, -0.15) is 0 Å². The summed E-state index contributed by atoms with van der Waals surface area (Å²) in [6.07, 6.45) is 1.87. The van der Waals surface area contributed by atoms with Crippen molar-refractivity contribution in [3.05, 3.63) is 71.8 Å². The average molecular weight is 309 g/mol. The molecule has 1 aliphatic rings. The van der Waals surface area contributed by atoms with E-state index in [1.165, 1.54) is 10.5 Å². The summed E-state index contributed by atoms with van der Waals surface area (Å²) < 4.78 is 5.78. The molecule has 0 radical (unpaired) electrons. The molecule has 2 aromatic rings. The molecule has 1 heterocycles. The zero-order chi connectivity index (χ0) is 16.1. The largest absolute Gasteiger partial charge is 0.489 e. The van der Waals surface area contributed by atoms with Crippen molar-refractivity contribution in [2.75, 3.05) is 13.1 Å². The molecule has 0 atom stereocenters. The van der Waals surface area contributed by atoms with Crippen LogP contribution in [0.25, 0.3) is 5.57 Å². The smallest absolute Gasteiger partial charge is 0.407 e. The fourth-order valence-corrected chi connectivity index (χ4v) is 2.61. The third-order valence-corrected chi connectivity index (χ3v) is 3.95. The van der Waals surface area contributed by atoms with Crippen LogP contribution in [0.1, 0.15) is 17.5 Å². The number of carboxylic acid groups (broad SMARTS) is 1. The fourth-order valence-electron chi connectivity index (χ4n) is 2.61. The van der Waals surface area contributed by atoms with Gasteiger partial charge >= 0.3 is 6.09 Å². The molecule has 0 aliphatic carbocycles. The van der Waals surface area contributed by atoms with Crippen LogP contribution in [0, 0.1) is 0 Å². The Bertz CT molecular complexity index is 692. The van der Waals surface area contributed by atoms with Gasteiger partial charge < -0.3 is 14.7 Å². The van der Waals surface area contributed by atoms with Crippen LogP contribution < -0.4 is 4.74 Å². The Labute approximate surface area is 135 Å². The van der Waals surface area contributed by atoms with Crippen molar-refractivity contribution in [3.8, 4) is 5.75 Å². The SMILES string of the molecule is O=C(O)N1CC=C(c2ccc(OCc3ccccc3)cc2)CC1. The highest BCUT2D eigenvalue weighted by atomic mass is 16.5. The normalized spacial score (nSPS) is 14.3. The highest BCUT2D eigenvalue weighted by molar-refractivity contribution is 5.71. The van der Waals surface area contributed by atoms with E-state index in [1.807, 2.05) is 60.7 Å². The highest BCUT2D eigenvalue weighted by Gasteiger charge is 2.16. The van der Waals surface area contributed by atoms with Gasteiger partial charge in [-0.1, -0.05) is 48.5 Å². The van der Waals surface area contributed by atoms with Crippen LogP contribution in [-0.2, 0) is 6.61 Å². The number of benzene rings is 2. The van der Waals surface area contributed by atoms with Crippen molar-refractivity contribution in [1.82, 2.24) is 4.90 Å². The maximum atomic E-state index is 10.9. The molecule has 2 aromatic carbocycles. The van der Waals surface area contributed by atoms with Crippen LogP contribution in [-0.4, -0.2) is 29.2 Å². The van der Waals surface area contributed by atoms with Crippen LogP contribution in [0.5, 0.6) is 5.75 Å². The Morgan fingerprint density at radius 3 is 2.43 bits per heavy atom. The molecule has 0 fully saturated rings. The van der Waals surface area contributed by atoms with Gasteiger partial charge in [0.1, 0.15) is 12.4 Å². The maximum absolute atomic E-state index is 10.9. The summed E-state index contributed by atoms with van der Waals surface area (Å²) in [5.74, 6) is 0.834. The van der Waals surface area contributed by atoms with Gasteiger partial charge in [0.05, 0.1) is 0 Å². The quantitative estimate of drug-likeness (QED) is 0.927. The first-order chi connectivity index (χ1) is 11.2. The van der Waals surface area contributed by atoms with Crippen molar-refractivity contribution in [1.29, 1.82) is 0 Å². The summed E-state index contributed by atoms with van der Waals surface area (Å²) in [5.41, 5.74) is 3.46. The van der Waals surface area contributed by atoms with Gasteiger partial charge in [-0.15, -0.1) is 0 Å². The van der Waals surface area contributed by atoms with Gasteiger partial charge in [-0.3, -0.25) is 0 Å². The molecule has 0 unspecified atom stereocenters. The number of carbonyl (C=O) groups is 1. The van der Waals surface area contributed by atoms with Gasteiger partial charge in [-0.05, 0) is 35.3 Å². The number of hydrogen-bond donors (Lipinski definition) is 1. The number of amides is 1. The molecule has 4 nitrogen and oxygen atoms in total. The monoisotopic (exact) mass is 309 g/mol.